The van der Waals surface area contributed by atoms with Crippen LogP contribution >= 0.6 is 0 Å². The van der Waals surface area contributed by atoms with Crippen LogP contribution in [-0.4, -0.2) is 11.6 Å². The van der Waals surface area contributed by atoms with E-state index in [2.05, 4.69) is 18.2 Å². The maximum atomic E-state index is 4.71. The van der Waals surface area contributed by atoms with Gasteiger partial charge in [0.25, 0.3) is 0 Å². The molecule has 0 fully saturated rings. The highest BCUT2D eigenvalue weighted by Crippen LogP contribution is 2.02. The number of hydrogen-bond acceptors (Lipinski definition) is 2. The first kappa shape index (κ1) is 9.20. The van der Waals surface area contributed by atoms with Crippen molar-refractivity contribution in [2.75, 3.05) is 6.61 Å². The van der Waals surface area contributed by atoms with Crippen molar-refractivity contribution in [3.05, 3.63) is 37.2 Å². The van der Waals surface area contributed by atoms with Gasteiger partial charge in [0.1, 0.15) is 0 Å². The van der Waals surface area contributed by atoms with Crippen LogP contribution in [0.25, 0.3) is 0 Å². The standard InChI is InChI=1S/C10H14NO/c1-12-8-3-2-5-10-6-4-7-11-9-10/h4,6-7,9H,1-3,5,8H2. The van der Waals surface area contributed by atoms with Crippen molar-refractivity contribution >= 4 is 0 Å². The molecule has 0 aliphatic rings. The number of rotatable bonds is 5. The fourth-order valence-electron chi connectivity index (χ4n) is 1.08. The van der Waals surface area contributed by atoms with Crippen LogP contribution in [0.5, 0.6) is 0 Å². The summed E-state index contributed by atoms with van der Waals surface area (Å²) in [5, 5.41) is 0. The molecule has 1 radical (unpaired) electrons. The molecule has 0 atom stereocenters. The van der Waals surface area contributed by atoms with Gasteiger partial charge in [0.15, 0.2) is 0 Å². The van der Waals surface area contributed by atoms with Gasteiger partial charge in [-0.25, -0.2) is 0 Å². The van der Waals surface area contributed by atoms with E-state index in [0.29, 0.717) is 0 Å². The average Bonchev–Trinajstić information content (AvgIpc) is 2.14. The number of ether oxygens (including phenoxy) is 1. The van der Waals surface area contributed by atoms with Crippen LogP contribution in [0, 0.1) is 7.11 Å². The molecule has 0 saturated heterocycles. The van der Waals surface area contributed by atoms with E-state index in [4.69, 9.17) is 4.74 Å². The SMILES string of the molecule is [CH2]OCCCCc1cccnc1. The number of aromatic nitrogens is 1. The van der Waals surface area contributed by atoms with E-state index < -0.39 is 0 Å². The Morgan fingerprint density at radius 2 is 2.33 bits per heavy atom. The first-order valence-electron chi connectivity index (χ1n) is 4.19. The molecule has 12 heavy (non-hydrogen) atoms. The summed E-state index contributed by atoms with van der Waals surface area (Å²) in [7, 11) is 3.32. The molecular formula is C10H14NO. The summed E-state index contributed by atoms with van der Waals surface area (Å²) in [6.07, 6.45) is 6.99. The largest absolute Gasteiger partial charge is 0.379 e. The van der Waals surface area contributed by atoms with Crippen LogP contribution in [0.1, 0.15) is 18.4 Å². The van der Waals surface area contributed by atoms with Gasteiger partial charge >= 0.3 is 0 Å². The minimum atomic E-state index is 0.750. The van der Waals surface area contributed by atoms with Crippen molar-refractivity contribution in [1.82, 2.24) is 4.98 Å². The number of aryl methyl sites for hydroxylation is 1. The van der Waals surface area contributed by atoms with E-state index in [0.717, 1.165) is 25.9 Å². The number of hydrogen-bond donors (Lipinski definition) is 0. The maximum Gasteiger partial charge on any atom is 0.0700 e. The van der Waals surface area contributed by atoms with Crippen molar-refractivity contribution in [1.29, 1.82) is 0 Å². The van der Waals surface area contributed by atoms with E-state index in [1.165, 1.54) is 5.56 Å². The molecule has 0 bridgehead atoms. The lowest BCUT2D eigenvalue weighted by atomic mass is 10.1. The van der Waals surface area contributed by atoms with Gasteiger partial charge in [0.05, 0.1) is 7.11 Å². The molecule has 0 unspecified atom stereocenters. The Balaban J connectivity index is 2.16. The molecule has 2 nitrogen and oxygen atoms in total. The monoisotopic (exact) mass is 164 g/mol. The molecule has 0 aliphatic carbocycles. The second kappa shape index (κ2) is 5.72. The average molecular weight is 164 g/mol. The molecule has 65 valence electrons. The quantitative estimate of drug-likeness (QED) is 0.622. The molecule has 0 aromatic carbocycles. The van der Waals surface area contributed by atoms with E-state index in [1.54, 1.807) is 6.20 Å². The van der Waals surface area contributed by atoms with Crippen LogP contribution in [0.3, 0.4) is 0 Å². The lowest BCUT2D eigenvalue weighted by molar-refractivity contribution is 0.235. The Bertz CT molecular complexity index is 198. The lowest BCUT2D eigenvalue weighted by Crippen LogP contribution is -1.90. The molecule has 0 saturated carbocycles. The Kier molecular flexibility index (Phi) is 4.39. The van der Waals surface area contributed by atoms with Crippen molar-refractivity contribution in [2.45, 2.75) is 19.3 Å². The minimum Gasteiger partial charge on any atom is -0.379 e. The summed E-state index contributed by atoms with van der Waals surface area (Å²) in [6.45, 7) is 0.750. The molecule has 0 spiro atoms. The predicted octanol–water partition coefficient (Wildman–Crippen LogP) is 2.21. The molecular weight excluding hydrogens is 150 g/mol. The van der Waals surface area contributed by atoms with E-state index in [9.17, 15) is 0 Å². The Morgan fingerprint density at radius 1 is 1.42 bits per heavy atom. The smallest absolute Gasteiger partial charge is 0.0700 e. The zero-order valence-electron chi connectivity index (χ0n) is 7.20. The molecule has 1 aromatic heterocycles. The van der Waals surface area contributed by atoms with E-state index in [-0.39, 0.29) is 0 Å². The Labute approximate surface area is 73.6 Å². The highest BCUT2D eigenvalue weighted by atomic mass is 16.5. The van der Waals surface area contributed by atoms with E-state index in [1.807, 2.05) is 12.3 Å². The van der Waals surface area contributed by atoms with Crippen LogP contribution < -0.4 is 0 Å². The fourth-order valence-corrected chi connectivity index (χ4v) is 1.08. The highest BCUT2D eigenvalue weighted by Gasteiger charge is 1.91. The topological polar surface area (TPSA) is 22.1 Å². The third-order valence-corrected chi connectivity index (χ3v) is 1.73. The molecule has 1 heterocycles. The molecule has 0 N–H and O–H groups in total. The molecule has 0 aliphatic heterocycles. The Hall–Kier alpha value is -0.890. The van der Waals surface area contributed by atoms with Gasteiger partial charge in [-0.2, -0.15) is 0 Å². The normalized spacial score (nSPS) is 10.1. The van der Waals surface area contributed by atoms with Crippen LogP contribution in [0.2, 0.25) is 0 Å². The highest BCUT2D eigenvalue weighted by molar-refractivity contribution is 5.08. The summed E-state index contributed by atoms with van der Waals surface area (Å²) in [5.74, 6) is 0. The lowest BCUT2D eigenvalue weighted by Gasteiger charge is -1.99. The summed E-state index contributed by atoms with van der Waals surface area (Å²) >= 11 is 0. The van der Waals surface area contributed by atoms with Crippen LogP contribution in [-0.2, 0) is 11.2 Å². The summed E-state index contributed by atoms with van der Waals surface area (Å²) in [6, 6.07) is 4.06. The van der Waals surface area contributed by atoms with Crippen LogP contribution in [0.15, 0.2) is 24.5 Å². The van der Waals surface area contributed by atoms with Gasteiger partial charge < -0.3 is 4.74 Å². The number of unbranched alkanes of at least 4 members (excludes halogenated alkanes) is 1. The fraction of sp³-hybridized carbons (Fsp3) is 0.400. The zero-order chi connectivity index (χ0) is 8.65. The number of nitrogens with zero attached hydrogens (tertiary/aromatic N) is 1. The third kappa shape index (κ3) is 3.49. The molecule has 0 amide bonds. The minimum absolute atomic E-state index is 0.750. The van der Waals surface area contributed by atoms with Gasteiger partial charge in [-0.15, -0.1) is 0 Å². The Morgan fingerprint density at radius 3 is 3.00 bits per heavy atom. The summed E-state index contributed by atoms with van der Waals surface area (Å²) in [5.41, 5.74) is 1.29. The third-order valence-electron chi connectivity index (χ3n) is 1.73. The van der Waals surface area contributed by atoms with Crippen molar-refractivity contribution in [2.24, 2.45) is 0 Å². The maximum absolute atomic E-state index is 4.71. The zero-order valence-corrected chi connectivity index (χ0v) is 7.20. The van der Waals surface area contributed by atoms with Crippen molar-refractivity contribution in [3.8, 4) is 0 Å². The predicted molar refractivity (Wildman–Crippen MR) is 48.5 cm³/mol. The first-order valence-corrected chi connectivity index (χ1v) is 4.19. The van der Waals surface area contributed by atoms with Gasteiger partial charge in [0.2, 0.25) is 0 Å². The van der Waals surface area contributed by atoms with Gasteiger partial charge in [0, 0.05) is 19.0 Å². The van der Waals surface area contributed by atoms with E-state index >= 15 is 0 Å². The molecule has 1 rings (SSSR count). The number of pyridine rings is 1. The summed E-state index contributed by atoms with van der Waals surface area (Å²) in [4.78, 5) is 4.04. The van der Waals surface area contributed by atoms with Gasteiger partial charge in [-0.05, 0) is 30.9 Å². The van der Waals surface area contributed by atoms with Crippen LogP contribution in [0.4, 0.5) is 0 Å². The molecule has 1 aromatic rings. The second-order valence-corrected chi connectivity index (χ2v) is 2.73. The van der Waals surface area contributed by atoms with Crippen molar-refractivity contribution < 1.29 is 4.74 Å². The summed E-state index contributed by atoms with van der Waals surface area (Å²) < 4.78 is 4.71. The van der Waals surface area contributed by atoms with Gasteiger partial charge in [-0.3, -0.25) is 4.98 Å². The molecule has 2 heteroatoms. The first-order chi connectivity index (χ1) is 5.93. The van der Waals surface area contributed by atoms with Gasteiger partial charge in [-0.1, -0.05) is 6.07 Å². The second-order valence-electron chi connectivity index (χ2n) is 2.73. The van der Waals surface area contributed by atoms with Crippen molar-refractivity contribution in [3.63, 3.8) is 0 Å².